The summed E-state index contributed by atoms with van der Waals surface area (Å²) in [7, 11) is 3.30. The Bertz CT molecular complexity index is 1160. The van der Waals surface area contributed by atoms with Crippen molar-refractivity contribution in [3.05, 3.63) is 47.3 Å². The van der Waals surface area contributed by atoms with Crippen LogP contribution >= 0.6 is 0 Å². The number of carbonyl (C=O) groups excluding carboxylic acids is 2. The highest BCUT2D eigenvalue weighted by Gasteiger charge is 2.38. The number of nitrogens with one attached hydrogen (secondary N) is 2. The van der Waals surface area contributed by atoms with Crippen LogP contribution in [0.1, 0.15) is 46.2 Å². The molecule has 0 radical (unpaired) electrons. The van der Waals surface area contributed by atoms with Crippen LogP contribution < -0.4 is 10.6 Å². The molecule has 170 valence electrons. The average molecular weight is 450 g/mol. The highest BCUT2D eigenvalue weighted by atomic mass is 19.4. The molecule has 1 aliphatic rings. The molecule has 10 nitrogen and oxygen atoms in total. The molecule has 0 spiro atoms. The van der Waals surface area contributed by atoms with Gasteiger partial charge < -0.3 is 10.6 Å². The molecular formula is C19H21F3N8O2. The number of anilines is 1. The third-order valence-electron chi connectivity index (χ3n) is 5.03. The summed E-state index contributed by atoms with van der Waals surface area (Å²) < 4.78 is 43.1. The zero-order valence-electron chi connectivity index (χ0n) is 17.3. The van der Waals surface area contributed by atoms with Crippen molar-refractivity contribution in [3.8, 4) is 0 Å². The molecule has 0 aromatic carbocycles. The number of aryl methyl sites for hydroxylation is 2. The minimum absolute atomic E-state index is 0.0291. The maximum atomic E-state index is 13.1. The monoisotopic (exact) mass is 450 g/mol. The Labute approximate surface area is 180 Å². The SMILES string of the molecule is Cn1cc(CNC(=O)c2c(NC(=O)Cn3nc(C(F)(F)F)cc3C3CC3)cnn2C)cn1. The topological polar surface area (TPSA) is 112 Å². The Morgan fingerprint density at radius 3 is 2.56 bits per heavy atom. The Morgan fingerprint density at radius 1 is 1.19 bits per heavy atom. The summed E-state index contributed by atoms with van der Waals surface area (Å²) >= 11 is 0. The van der Waals surface area contributed by atoms with Crippen molar-refractivity contribution in [1.29, 1.82) is 0 Å². The number of alkyl halides is 3. The third kappa shape index (κ3) is 4.65. The van der Waals surface area contributed by atoms with Crippen LogP contribution in [0.3, 0.4) is 0 Å². The molecule has 1 fully saturated rings. The Hall–Kier alpha value is -3.64. The maximum absolute atomic E-state index is 13.1. The van der Waals surface area contributed by atoms with E-state index in [1.165, 1.54) is 10.9 Å². The molecule has 2 N–H and O–H groups in total. The van der Waals surface area contributed by atoms with Gasteiger partial charge in [-0.05, 0) is 18.9 Å². The van der Waals surface area contributed by atoms with Crippen LogP contribution in [-0.2, 0) is 38.2 Å². The van der Waals surface area contributed by atoms with Gasteiger partial charge in [0, 0.05) is 44.0 Å². The summed E-state index contributed by atoms with van der Waals surface area (Å²) in [5.41, 5.74) is 0.413. The maximum Gasteiger partial charge on any atom is 0.435 e. The Balaban J connectivity index is 1.45. The van der Waals surface area contributed by atoms with Gasteiger partial charge in [0.05, 0.1) is 18.1 Å². The molecule has 0 unspecified atom stereocenters. The highest BCUT2D eigenvalue weighted by molar-refractivity contribution is 6.02. The fourth-order valence-corrected chi connectivity index (χ4v) is 3.36. The van der Waals surface area contributed by atoms with E-state index in [2.05, 4.69) is 25.9 Å². The van der Waals surface area contributed by atoms with Gasteiger partial charge in [-0.2, -0.15) is 28.5 Å². The molecule has 3 aromatic heterocycles. The second kappa shape index (κ2) is 8.13. The molecular weight excluding hydrogens is 429 g/mol. The number of hydrogen-bond donors (Lipinski definition) is 2. The fourth-order valence-electron chi connectivity index (χ4n) is 3.36. The van der Waals surface area contributed by atoms with Crippen LogP contribution in [0.4, 0.5) is 18.9 Å². The second-order valence-electron chi connectivity index (χ2n) is 7.67. The zero-order chi connectivity index (χ0) is 23.0. The lowest BCUT2D eigenvalue weighted by Crippen LogP contribution is -2.27. The standard InChI is InChI=1S/C19H21F3N8O2/c1-28-9-11(7-24-28)6-23-18(32)17-13(8-25-29(17)2)26-16(31)10-30-14(12-3-4-12)5-15(27-30)19(20,21)22/h5,7-9,12H,3-4,6,10H2,1-2H3,(H,23,32)(H,26,31). The van der Waals surface area contributed by atoms with Gasteiger partial charge in [-0.3, -0.25) is 23.6 Å². The first kappa shape index (κ1) is 21.6. The van der Waals surface area contributed by atoms with Crippen LogP contribution in [0.15, 0.2) is 24.7 Å². The van der Waals surface area contributed by atoms with E-state index in [4.69, 9.17) is 0 Å². The van der Waals surface area contributed by atoms with Crippen molar-refractivity contribution in [2.24, 2.45) is 14.1 Å². The Kier molecular flexibility index (Phi) is 5.48. The number of aromatic nitrogens is 6. The van der Waals surface area contributed by atoms with Crippen LogP contribution in [-0.4, -0.2) is 41.2 Å². The summed E-state index contributed by atoms with van der Waals surface area (Å²) in [4.78, 5) is 25.2. The van der Waals surface area contributed by atoms with Crippen LogP contribution in [0.25, 0.3) is 0 Å². The summed E-state index contributed by atoms with van der Waals surface area (Å²) in [5, 5.41) is 16.9. The molecule has 1 saturated carbocycles. The smallest absolute Gasteiger partial charge is 0.346 e. The number of rotatable bonds is 7. The summed E-state index contributed by atoms with van der Waals surface area (Å²) in [5.74, 6) is -1.11. The largest absolute Gasteiger partial charge is 0.435 e. The quantitative estimate of drug-likeness (QED) is 0.570. The predicted molar refractivity (Wildman–Crippen MR) is 105 cm³/mol. The molecule has 0 saturated heterocycles. The first-order valence-corrected chi connectivity index (χ1v) is 9.84. The van der Waals surface area contributed by atoms with E-state index < -0.39 is 30.2 Å². The highest BCUT2D eigenvalue weighted by Crippen LogP contribution is 2.42. The van der Waals surface area contributed by atoms with Crippen molar-refractivity contribution < 1.29 is 22.8 Å². The minimum Gasteiger partial charge on any atom is -0.346 e. The van der Waals surface area contributed by atoms with Crippen molar-refractivity contribution >= 4 is 17.5 Å². The molecule has 1 aliphatic carbocycles. The van der Waals surface area contributed by atoms with Gasteiger partial charge in [0.25, 0.3) is 5.91 Å². The molecule has 3 heterocycles. The van der Waals surface area contributed by atoms with Crippen molar-refractivity contribution in [3.63, 3.8) is 0 Å². The molecule has 32 heavy (non-hydrogen) atoms. The van der Waals surface area contributed by atoms with Crippen molar-refractivity contribution in [2.45, 2.75) is 38.0 Å². The van der Waals surface area contributed by atoms with E-state index in [0.717, 1.165) is 29.2 Å². The first-order valence-electron chi connectivity index (χ1n) is 9.84. The van der Waals surface area contributed by atoms with Gasteiger partial charge in [-0.1, -0.05) is 0 Å². The molecule has 2 amide bonds. The molecule has 0 atom stereocenters. The van der Waals surface area contributed by atoms with Gasteiger partial charge in [0.15, 0.2) is 5.69 Å². The summed E-state index contributed by atoms with van der Waals surface area (Å²) in [6.45, 7) is -0.183. The van der Waals surface area contributed by atoms with Gasteiger partial charge in [-0.25, -0.2) is 0 Å². The molecule has 4 rings (SSSR count). The van der Waals surface area contributed by atoms with Crippen LogP contribution in [0.2, 0.25) is 0 Å². The molecule has 0 bridgehead atoms. The lowest BCUT2D eigenvalue weighted by molar-refractivity contribution is -0.141. The average Bonchev–Trinajstić information content (AvgIpc) is 3.15. The van der Waals surface area contributed by atoms with E-state index in [0.29, 0.717) is 5.69 Å². The number of hydrogen-bond acceptors (Lipinski definition) is 5. The number of halogens is 3. The number of nitrogens with zero attached hydrogens (tertiary/aromatic N) is 6. The fraction of sp³-hybridized carbons (Fsp3) is 0.421. The van der Waals surface area contributed by atoms with Crippen LogP contribution in [0.5, 0.6) is 0 Å². The lowest BCUT2D eigenvalue weighted by Gasteiger charge is -2.10. The van der Waals surface area contributed by atoms with Crippen molar-refractivity contribution in [2.75, 3.05) is 5.32 Å². The van der Waals surface area contributed by atoms with Gasteiger partial charge in [-0.15, -0.1) is 0 Å². The second-order valence-corrected chi connectivity index (χ2v) is 7.67. The normalized spacial score (nSPS) is 13.9. The van der Waals surface area contributed by atoms with Gasteiger partial charge >= 0.3 is 6.18 Å². The molecule has 0 aliphatic heterocycles. The first-order chi connectivity index (χ1) is 15.1. The number of amides is 2. The summed E-state index contributed by atoms with van der Waals surface area (Å²) in [6, 6.07) is 0.992. The number of carbonyl (C=O) groups is 2. The van der Waals surface area contributed by atoms with Crippen LogP contribution in [0, 0.1) is 0 Å². The van der Waals surface area contributed by atoms with E-state index in [9.17, 15) is 22.8 Å². The summed E-state index contributed by atoms with van der Waals surface area (Å²) in [6.07, 6.45) is 1.60. The Morgan fingerprint density at radius 2 is 1.94 bits per heavy atom. The predicted octanol–water partition coefficient (Wildman–Crippen LogP) is 1.81. The third-order valence-corrected chi connectivity index (χ3v) is 5.03. The van der Waals surface area contributed by atoms with Gasteiger partial charge in [0.1, 0.15) is 12.2 Å². The van der Waals surface area contributed by atoms with Crippen molar-refractivity contribution in [1.82, 2.24) is 34.7 Å². The van der Waals surface area contributed by atoms with E-state index >= 15 is 0 Å². The molecule has 13 heteroatoms. The zero-order valence-corrected chi connectivity index (χ0v) is 17.3. The van der Waals surface area contributed by atoms with E-state index in [-0.39, 0.29) is 23.8 Å². The lowest BCUT2D eigenvalue weighted by atomic mass is 10.2. The van der Waals surface area contributed by atoms with E-state index in [1.807, 2.05) is 0 Å². The van der Waals surface area contributed by atoms with Gasteiger partial charge in [0.2, 0.25) is 5.91 Å². The molecule has 3 aromatic rings. The van der Waals surface area contributed by atoms with E-state index in [1.54, 1.807) is 31.2 Å². The minimum atomic E-state index is -4.59.